The molecule has 3 aromatic rings. The molecule has 7 heteroatoms. The lowest BCUT2D eigenvalue weighted by atomic mass is 9.79. The van der Waals surface area contributed by atoms with E-state index < -0.39 is 5.41 Å². The fourth-order valence-corrected chi connectivity index (χ4v) is 5.36. The molecule has 45 heavy (non-hydrogen) atoms. The van der Waals surface area contributed by atoms with E-state index in [1.54, 1.807) is 14.2 Å². The van der Waals surface area contributed by atoms with E-state index >= 15 is 0 Å². The lowest BCUT2D eigenvalue weighted by Crippen LogP contribution is -2.43. The minimum Gasteiger partial charge on any atom is -0.493 e. The second kappa shape index (κ2) is 14.6. The third kappa shape index (κ3) is 8.94. The van der Waals surface area contributed by atoms with Gasteiger partial charge in [-0.3, -0.25) is 4.79 Å². The van der Waals surface area contributed by atoms with Crippen molar-refractivity contribution >= 4 is 11.7 Å². The van der Waals surface area contributed by atoms with Gasteiger partial charge in [0.1, 0.15) is 18.1 Å². The van der Waals surface area contributed by atoms with Gasteiger partial charge in [-0.15, -0.1) is 0 Å². The maximum atomic E-state index is 12.4. The maximum absolute atomic E-state index is 12.4. The van der Waals surface area contributed by atoms with E-state index in [4.69, 9.17) is 18.9 Å². The minimum absolute atomic E-state index is 0.0274. The number of benzene rings is 3. The summed E-state index contributed by atoms with van der Waals surface area (Å²) < 4.78 is 23.1. The van der Waals surface area contributed by atoms with Gasteiger partial charge in [0, 0.05) is 23.8 Å². The normalized spacial score (nSPS) is 14.9. The second-order valence-electron chi connectivity index (χ2n) is 14.0. The van der Waals surface area contributed by atoms with Gasteiger partial charge in [-0.2, -0.15) is 0 Å². The number of fused-ring (bicyclic) bond motifs is 1. The lowest BCUT2D eigenvalue weighted by Gasteiger charge is -2.32. The number of likely N-dealkylation sites (N-methyl/N-ethyl adjacent to an activating group) is 1. The summed E-state index contributed by atoms with van der Waals surface area (Å²) in [6, 6.07) is 18.7. The summed E-state index contributed by atoms with van der Waals surface area (Å²) in [6.07, 6.45) is 4.78. The van der Waals surface area contributed by atoms with Crippen LogP contribution in [0, 0.1) is 5.41 Å². The predicted molar refractivity (Wildman–Crippen MR) is 182 cm³/mol. The fraction of sp³-hybridized carbons (Fsp3) is 0.500. The van der Waals surface area contributed by atoms with Gasteiger partial charge in [0.25, 0.3) is 0 Å². The third-order valence-electron chi connectivity index (χ3n) is 8.91. The summed E-state index contributed by atoms with van der Waals surface area (Å²) in [5, 5.41) is 3.71. The zero-order chi connectivity index (χ0) is 32.8. The molecule has 1 aliphatic rings. The summed E-state index contributed by atoms with van der Waals surface area (Å²) in [5.41, 5.74) is 5.59. The van der Waals surface area contributed by atoms with Crippen LogP contribution in [0.25, 0.3) is 0 Å². The van der Waals surface area contributed by atoms with Crippen LogP contribution in [0.1, 0.15) is 75.6 Å². The van der Waals surface area contributed by atoms with Gasteiger partial charge in [0.15, 0.2) is 11.5 Å². The highest BCUT2D eigenvalue weighted by molar-refractivity contribution is 5.78. The molecule has 0 saturated carbocycles. The molecule has 0 bridgehead atoms. The zero-order valence-corrected chi connectivity index (χ0v) is 28.7. The Hall–Kier alpha value is -3.71. The summed E-state index contributed by atoms with van der Waals surface area (Å²) in [7, 11) is 7.51. The average molecular weight is 617 g/mol. The summed E-state index contributed by atoms with van der Waals surface area (Å²) in [5.74, 6) is 3.09. The molecular weight excluding hydrogens is 564 g/mol. The van der Waals surface area contributed by atoms with Crippen molar-refractivity contribution in [3.05, 3.63) is 76.9 Å². The van der Waals surface area contributed by atoms with Crippen LogP contribution in [0.4, 0.5) is 5.69 Å². The molecule has 0 aliphatic heterocycles. The Balaban J connectivity index is 1.40. The molecule has 4 rings (SSSR count). The van der Waals surface area contributed by atoms with Crippen molar-refractivity contribution in [3.8, 4) is 23.0 Å². The highest BCUT2D eigenvalue weighted by atomic mass is 16.5. The molecule has 3 aromatic carbocycles. The standard InChI is InChI=1S/C38H52N2O5/c1-37(2,3)36(41)45-31-19-16-27-21-29(15-14-28(27)22-31)32-23-34(42-8)35(43-9)24-33(32)39-20-10-11-26-12-17-30(18-13-26)44-25-38(4,5)40(6)7/h12-13,16-19,22-24,29,39H,10-11,14-15,20-21,25H2,1-9H3/t29-/m1/s1. The number of rotatable bonds is 13. The van der Waals surface area contributed by atoms with E-state index in [2.05, 4.69) is 80.6 Å². The van der Waals surface area contributed by atoms with Crippen LogP contribution in [0.3, 0.4) is 0 Å². The average Bonchev–Trinajstić information content (AvgIpc) is 3.01. The van der Waals surface area contributed by atoms with Crippen molar-refractivity contribution < 1.29 is 23.7 Å². The van der Waals surface area contributed by atoms with E-state index in [1.165, 1.54) is 22.3 Å². The molecule has 0 heterocycles. The number of carbonyl (C=O) groups is 1. The number of nitrogens with one attached hydrogen (secondary N) is 1. The molecule has 0 amide bonds. The zero-order valence-electron chi connectivity index (χ0n) is 28.7. The smallest absolute Gasteiger partial charge is 0.316 e. The van der Waals surface area contributed by atoms with Gasteiger partial charge in [-0.1, -0.05) is 18.2 Å². The maximum Gasteiger partial charge on any atom is 0.316 e. The second-order valence-corrected chi connectivity index (χ2v) is 14.0. The van der Waals surface area contributed by atoms with Crippen LogP contribution in [-0.4, -0.2) is 57.9 Å². The van der Waals surface area contributed by atoms with Crippen molar-refractivity contribution in [3.63, 3.8) is 0 Å². The number of carbonyl (C=O) groups excluding carboxylic acids is 1. The van der Waals surface area contributed by atoms with Crippen molar-refractivity contribution in [1.29, 1.82) is 0 Å². The molecule has 244 valence electrons. The third-order valence-corrected chi connectivity index (χ3v) is 8.91. The van der Waals surface area contributed by atoms with E-state index in [-0.39, 0.29) is 11.5 Å². The largest absolute Gasteiger partial charge is 0.493 e. The van der Waals surface area contributed by atoms with Gasteiger partial charge in [0.05, 0.1) is 19.6 Å². The van der Waals surface area contributed by atoms with Crippen molar-refractivity contribution in [2.45, 2.75) is 78.2 Å². The number of methoxy groups -OCH3 is 2. The molecule has 0 radical (unpaired) electrons. The Labute approximate surface area is 270 Å². The molecule has 0 saturated heterocycles. The van der Waals surface area contributed by atoms with Crippen LogP contribution in [0.2, 0.25) is 0 Å². The topological polar surface area (TPSA) is 69.3 Å². The highest BCUT2D eigenvalue weighted by Crippen LogP contribution is 2.42. The number of anilines is 1. The van der Waals surface area contributed by atoms with Gasteiger partial charge in [-0.25, -0.2) is 0 Å². The van der Waals surface area contributed by atoms with Crippen LogP contribution < -0.4 is 24.3 Å². The minimum atomic E-state index is -0.541. The number of hydrogen-bond donors (Lipinski definition) is 1. The molecule has 0 spiro atoms. The van der Waals surface area contributed by atoms with E-state index in [0.29, 0.717) is 18.3 Å². The number of aryl methyl sites for hydroxylation is 2. The Bertz CT molecular complexity index is 1440. The van der Waals surface area contributed by atoms with Gasteiger partial charge in [-0.05, 0) is 139 Å². The Morgan fingerprint density at radius 3 is 2.20 bits per heavy atom. The number of nitrogens with zero attached hydrogens (tertiary/aromatic N) is 1. The fourth-order valence-electron chi connectivity index (χ4n) is 5.36. The Kier molecular flexibility index (Phi) is 11.1. The SMILES string of the molecule is COc1cc(NCCCc2ccc(OCC(C)(C)N(C)C)cc2)c([C@@H]2CCc3cc(OC(=O)C(C)(C)C)ccc3C2)cc1OC. The van der Waals surface area contributed by atoms with Crippen molar-refractivity contribution in [1.82, 2.24) is 4.90 Å². The first-order chi connectivity index (χ1) is 21.3. The lowest BCUT2D eigenvalue weighted by molar-refractivity contribution is -0.143. The first-order valence-electron chi connectivity index (χ1n) is 16.0. The number of hydrogen-bond acceptors (Lipinski definition) is 7. The van der Waals surface area contributed by atoms with Crippen LogP contribution in [0.5, 0.6) is 23.0 Å². The van der Waals surface area contributed by atoms with Crippen LogP contribution in [0.15, 0.2) is 54.6 Å². The van der Waals surface area contributed by atoms with Crippen molar-refractivity contribution in [2.24, 2.45) is 5.41 Å². The first-order valence-corrected chi connectivity index (χ1v) is 16.0. The molecule has 1 aliphatic carbocycles. The highest BCUT2D eigenvalue weighted by Gasteiger charge is 2.27. The van der Waals surface area contributed by atoms with Gasteiger partial charge < -0.3 is 29.2 Å². The summed E-state index contributed by atoms with van der Waals surface area (Å²) in [4.78, 5) is 14.6. The molecule has 0 aromatic heterocycles. The first kappa shape index (κ1) is 34.2. The predicted octanol–water partition coefficient (Wildman–Crippen LogP) is 7.69. The van der Waals surface area contributed by atoms with Crippen LogP contribution in [-0.2, 0) is 24.1 Å². The monoisotopic (exact) mass is 616 g/mol. The number of ether oxygens (including phenoxy) is 4. The Morgan fingerprint density at radius 1 is 0.889 bits per heavy atom. The number of esters is 1. The quantitative estimate of drug-likeness (QED) is 0.120. The van der Waals surface area contributed by atoms with Crippen LogP contribution >= 0.6 is 0 Å². The summed E-state index contributed by atoms with van der Waals surface area (Å²) in [6.45, 7) is 11.4. The molecule has 1 atom stereocenters. The van der Waals surface area contributed by atoms with E-state index in [1.807, 2.05) is 32.9 Å². The Morgan fingerprint density at radius 2 is 1.56 bits per heavy atom. The summed E-state index contributed by atoms with van der Waals surface area (Å²) >= 11 is 0. The molecule has 0 fully saturated rings. The van der Waals surface area contributed by atoms with Gasteiger partial charge >= 0.3 is 5.97 Å². The molecule has 0 unspecified atom stereocenters. The molecular formula is C38H52N2O5. The van der Waals surface area contributed by atoms with Gasteiger partial charge in [0.2, 0.25) is 0 Å². The molecule has 7 nitrogen and oxygen atoms in total. The van der Waals surface area contributed by atoms with E-state index in [9.17, 15) is 4.79 Å². The van der Waals surface area contributed by atoms with E-state index in [0.717, 1.165) is 61.6 Å². The van der Waals surface area contributed by atoms with Crippen molar-refractivity contribution in [2.75, 3.05) is 46.8 Å². The molecule has 1 N–H and O–H groups in total.